The Hall–Kier alpha value is -2.03. The summed E-state index contributed by atoms with van der Waals surface area (Å²) in [6.07, 6.45) is 2.29. The van der Waals surface area contributed by atoms with Crippen molar-refractivity contribution >= 4 is 22.4 Å². The lowest BCUT2D eigenvalue weighted by molar-refractivity contribution is -0.128. The Labute approximate surface area is 119 Å². The van der Waals surface area contributed by atoms with E-state index in [9.17, 15) is 4.79 Å². The standard InChI is InChI=1S/C17H20N2O/c1-18(13-17(20)19-10-4-5-11-19)16-9-8-14-6-2-3-7-15(14)12-16/h2-3,6-9,12H,4-5,10-11,13H2,1H3. The van der Waals surface area contributed by atoms with Gasteiger partial charge in [0.05, 0.1) is 6.54 Å². The number of fused-ring (bicyclic) bond motifs is 1. The maximum Gasteiger partial charge on any atom is 0.242 e. The Morgan fingerprint density at radius 3 is 2.55 bits per heavy atom. The van der Waals surface area contributed by atoms with Crippen molar-refractivity contribution in [2.75, 3.05) is 31.6 Å². The van der Waals surface area contributed by atoms with E-state index in [0.29, 0.717) is 6.54 Å². The molecule has 1 aliphatic rings. The zero-order valence-corrected chi connectivity index (χ0v) is 11.9. The van der Waals surface area contributed by atoms with E-state index >= 15 is 0 Å². The average molecular weight is 268 g/mol. The molecule has 0 aliphatic carbocycles. The van der Waals surface area contributed by atoms with Crippen molar-refractivity contribution in [3.63, 3.8) is 0 Å². The first-order chi connectivity index (χ1) is 9.74. The van der Waals surface area contributed by atoms with Crippen LogP contribution < -0.4 is 4.90 Å². The van der Waals surface area contributed by atoms with E-state index < -0.39 is 0 Å². The molecule has 0 N–H and O–H groups in total. The second-order valence-electron chi connectivity index (χ2n) is 5.48. The summed E-state index contributed by atoms with van der Waals surface area (Å²) in [6.45, 7) is 2.30. The molecule has 0 bridgehead atoms. The highest BCUT2D eigenvalue weighted by atomic mass is 16.2. The number of benzene rings is 2. The smallest absolute Gasteiger partial charge is 0.242 e. The lowest BCUT2D eigenvalue weighted by Crippen LogP contribution is -2.37. The van der Waals surface area contributed by atoms with E-state index in [-0.39, 0.29) is 5.91 Å². The molecule has 3 rings (SSSR count). The fourth-order valence-corrected chi connectivity index (χ4v) is 2.77. The molecule has 0 saturated carbocycles. The van der Waals surface area contributed by atoms with Crippen LogP contribution in [0.3, 0.4) is 0 Å². The molecule has 104 valence electrons. The van der Waals surface area contributed by atoms with Gasteiger partial charge in [-0.05, 0) is 35.7 Å². The molecule has 1 aliphatic heterocycles. The molecule has 0 aromatic heterocycles. The second-order valence-corrected chi connectivity index (χ2v) is 5.48. The average Bonchev–Trinajstić information content (AvgIpc) is 3.01. The van der Waals surface area contributed by atoms with Crippen molar-refractivity contribution in [1.82, 2.24) is 4.90 Å². The monoisotopic (exact) mass is 268 g/mol. The van der Waals surface area contributed by atoms with Crippen molar-refractivity contribution in [2.24, 2.45) is 0 Å². The molecule has 2 aromatic rings. The highest BCUT2D eigenvalue weighted by Gasteiger charge is 2.19. The number of amides is 1. The normalized spacial score (nSPS) is 14.8. The van der Waals surface area contributed by atoms with E-state index in [1.807, 2.05) is 29.0 Å². The SMILES string of the molecule is CN(CC(=O)N1CCCC1)c1ccc2ccccc2c1. The van der Waals surface area contributed by atoms with Crippen molar-refractivity contribution < 1.29 is 4.79 Å². The van der Waals surface area contributed by atoms with Crippen LogP contribution in [0.15, 0.2) is 42.5 Å². The van der Waals surface area contributed by atoms with Crippen LogP contribution in [0.1, 0.15) is 12.8 Å². The Balaban J connectivity index is 1.74. The van der Waals surface area contributed by atoms with Crippen LogP contribution in [0.2, 0.25) is 0 Å². The number of carbonyl (C=O) groups excluding carboxylic acids is 1. The molecule has 0 spiro atoms. The maximum absolute atomic E-state index is 12.2. The van der Waals surface area contributed by atoms with Gasteiger partial charge in [0, 0.05) is 25.8 Å². The van der Waals surface area contributed by atoms with Crippen molar-refractivity contribution in [1.29, 1.82) is 0 Å². The maximum atomic E-state index is 12.2. The Kier molecular flexibility index (Phi) is 3.59. The molecule has 1 fully saturated rings. The summed E-state index contributed by atoms with van der Waals surface area (Å²) in [7, 11) is 1.98. The number of carbonyl (C=O) groups is 1. The molecule has 2 aromatic carbocycles. The van der Waals surface area contributed by atoms with Gasteiger partial charge in [-0.25, -0.2) is 0 Å². The highest BCUT2D eigenvalue weighted by Crippen LogP contribution is 2.21. The predicted octanol–water partition coefficient (Wildman–Crippen LogP) is 2.90. The Morgan fingerprint density at radius 1 is 1.10 bits per heavy atom. The zero-order valence-electron chi connectivity index (χ0n) is 11.9. The quantitative estimate of drug-likeness (QED) is 0.854. The van der Waals surface area contributed by atoms with Crippen LogP contribution >= 0.6 is 0 Å². The second kappa shape index (κ2) is 5.53. The zero-order chi connectivity index (χ0) is 13.9. The third kappa shape index (κ3) is 2.62. The molecule has 3 nitrogen and oxygen atoms in total. The molecule has 1 saturated heterocycles. The first-order valence-corrected chi connectivity index (χ1v) is 7.22. The number of anilines is 1. The lowest BCUT2D eigenvalue weighted by atomic mass is 10.1. The van der Waals surface area contributed by atoms with Crippen LogP contribution in [0.4, 0.5) is 5.69 Å². The van der Waals surface area contributed by atoms with Crippen LogP contribution in [0.5, 0.6) is 0 Å². The summed E-state index contributed by atoms with van der Waals surface area (Å²) in [5, 5.41) is 2.45. The summed E-state index contributed by atoms with van der Waals surface area (Å²) in [5.74, 6) is 0.234. The van der Waals surface area contributed by atoms with Gasteiger partial charge in [-0.2, -0.15) is 0 Å². The first kappa shape index (κ1) is 13.0. The molecule has 0 radical (unpaired) electrons. The molecular weight excluding hydrogens is 248 g/mol. The van der Waals surface area contributed by atoms with Crippen molar-refractivity contribution in [3.05, 3.63) is 42.5 Å². The van der Waals surface area contributed by atoms with Gasteiger partial charge in [0.15, 0.2) is 0 Å². The Morgan fingerprint density at radius 2 is 1.80 bits per heavy atom. The predicted molar refractivity (Wildman–Crippen MR) is 83.0 cm³/mol. The topological polar surface area (TPSA) is 23.6 Å². The van der Waals surface area contributed by atoms with Gasteiger partial charge in [-0.3, -0.25) is 4.79 Å². The molecule has 0 unspecified atom stereocenters. The number of rotatable bonds is 3. The molecule has 1 heterocycles. The molecule has 1 amide bonds. The van der Waals surface area contributed by atoms with E-state index in [1.165, 1.54) is 10.8 Å². The molecular formula is C17H20N2O. The van der Waals surface area contributed by atoms with Gasteiger partial charge in [0.2, 0.25) is 5.91 Å². The van der Waals surface area contributed by atoms with Crippen LogP contribution in [0, 0.1) is 0 Å². The molecule has 0 atom stereocenters. The highest BCUT2D eigenvalue weighted by molar-refractivity contribution is 5.87. The van der Waals surface area contributed by atoms with Gasteiger partial charge < -0.3 is 9.80 Å². The number of likely N-dealkylation sites (N-methyl/N-ethyl adjacent to an activating group) is 1. The minimum Gasteiger partial charge on any atom is -0.365 e. The van der Waals surface area contributed by atoms with E-state index in [4.69, 9.17) is 0 Å². The molecule has 3 heteroatoms. The lowest BCUT2D eigenvalue weighted by Gasteiger charge is -2.23. The first-order valence-electron chi connectivity index (χ1n) is 7.22. The van der Waals surface area contributed by atoms with E-state index in [2.05, 4.69) is 30.3 Å². The van der Waals surface area contributed by atoms with Crippen molar-refractivity contribution in [3.8, 4) is 0 Å². The fraction of sp³-hybridized carbons (Fsp3) is 0.353. The summed E-state index contributed by atoms with van der Waals surface area (Å²) < 4.78 is 0. The number of nitrogens with zero attached hydrogens (tertiary/aromatic N) is 2. The van der Waals surface area contributed by atoms with E-state index in [1.54, 1.807) is 0 Å². The van der Waals surface area contributed by atoms with Gasteiger partial charge in [0.25, 0.3) is 0 Å². The summed E-state index contributed by atoms with van der Waals surface area (Å²) in [5.41, 5.74) is 1.09. The van der Waals surface area contributed by atoms with Gasteiger partial charge in [-0.1, -0.05) is 30.3 Å². The summed E-state index contributed by atoms with van der Waals surface area (Å²) in [6, 6.07) is 14.6. The summed E-state index contributed by atoms with van der Waals surface area (Å²) >= 11 is 0. The largest absolute Gasteiger partial charge is 0.365 e. The fourth-order valence-electron chi connectivity index (χ4n) is 2.77. The van der Waals surface area contributed by atoms with Crippen LogP contribution in [0.25, 0.3) is 10.8 Å². The van der Waals surface area contributed by atoms with Crippen molar-refractivity contribution in [2.45, 2.75) is 12.8 Å². The number of likely N-dealkylation sites (tertiary alicyclic amines) is 1. The van der Waals surface area contributed by atoms with Crippen LogP contribution in [-0.4, -0.2) is 37.5 Å². The number of hydrogen-bond donors (Lipinski definition) is 0. The van der Waals surface area contributed by atoms with Gasteiger partial charge in [-0.15, -0.1) is 0 Å². The third-order valence-corrected chi connectivity index (χ3v) is 4.01. The minimum absolute atomic E-state index is 0.234. The van der Waals surface area contributed by atoms with Gasteiger partial charge in [0.1, 0.15) is 0 Å². The van der Waals surface area contributed by atoms with Gasteiger partial charge >= 0.3 is 0 Å². The molecule has 20 heavy (non-hydrogen) atoms. The third-order valence-electron chi connectivity index (χ3n) is 4.01. The minimum atomic E-state index is 0.234. The van der Waals surface area contributed by atoms with E-state index in [0.717, 1.165) is 31.6 Å². The van der Waals surface area contributed by atoms with Crippen LogP contribution in [-0.2, 0) is 4.79 Å². The Bertz CT molecular complexity index is 617. The number of hydrogen-bond acceptors (Lipinski definition) is 2. The summed E-state index contributed by atoms with van der Waals surface area (Å²) in [4.78, 5) is 16.2.